The van der Waals surface area contributed by atoms with Crippen LogP contribution >= 0.6 is 0 Å². The second-order valence-corrected chi connectivity index (χ2v) is 3.31. The van der Waals surface area contributed by atoms with Crippen LogP contribution in [0.15, 0.2) is 0 Å². The van der Waals surface area contributed by atoms with E-state index in [0.29, 0.717) is 5.92 Å². The molecule has 1 heteroatoms. The van der Waals surface area contributed by atoms with Crippen LogP contribution in [0.25, 0.3) is 0 Å². The highest BCUT2D eigenvalue weighted by Crippen LogP contribution is 2.32. The van der Waals surface area contributed by atoms with E-state index >= 15 is 0 Å². The summed E-state index contributed by atoms with van der Waals surface area (Å²) in [5.41, 5.74) is 0. The fourth-order valence-corrected chi connectivity index (χ4v) is 1.81. The Labute approximate surface area is 57.1 Å². The van der Waals surface area contributed by atoms with Crippen molar-refractivity contribution >= 4 is 0 Å². The molecular formula is C8H16O. The maximum absolute atomic E-state index is 9.36. The number of aliphatic hydroxyl groups excluding tert-OH is 1. The summed E-state index contributed by atoms with van der Waals surface area (Å²) < 4.78 is 0. The molecule has 0 spiro atoms. The molecule has 9 heavy (non-hydrogen) atoms. The minimum absolute atomic E-state index is 0.00463. The van der Waals surface area contributed by atoms with Crippen LogP contribution in [-0.4, -0.2) is 11.2 Å². The summed E-state index contributed by atoms with van der Waals surface area (Å²) in [5, 5.41) is 9.36. The molecule has 0 aliphatic heterocycles. The topological polar surface area (TPSA) is 20.2 Å². The van der Waals surface area contributed by atoms with E-state index in [1.807, 2.05) is 0 Å². The van der Waals surface area contributed by atoms with Gasteiger partial charge in [0.2, 0.25) is 0 Å². The van der Waals surface area contributed by atoms with Gasteiger partial charge in [0.15, 0.2) is 0 Å². The van der Waals surface area contributed by atoms with Crippen LogP contribution < -0.4 is 0 Å². The zero-order valence-electron chi connectivity index (χ0n) is 6.30. The van der Waals surface area contributed by atoms with Gasteiger partial charge in [0.25, 0.3) is 0 Å². The Morgan fingerprint density at radius 3 is 2.33 bits per heavy atom. The predicted octanol–water partition coefficient (Wildman–Crippen LogP) is 1.80. The maximum Gasteiger partial charge on any atom is 0.0570 e. The Morgan fingerprint density at radius 1 is 1.44 bits per heavy atom. The van der Waals surface area contributed by atoms with Gasteiger partial charge in [-0.15, -0.1) is 0 Å². The van der Waals surface area contributed by atoms with Crippen LogP contribution in [0.2, 0.25) is 0 Å². The van der Waals surface area contributed by atoms with E-state index in [1.165, 1.54) is 6.42 Å². The second kappa shape index (κ2) is 2.70. The third-order valence-corrected chi connectivity index (χ3v) is 2.42. The predicted molar refractivity (Wildman–Crippen MR) is 38.2 cm³/mol. The van der Waals surface area contributed by atoms with E-state index in [0.717, 1.165) is 18.8 Å². The highest BCUT2D eigenvalue weighted by Gasteiger charge is 2.28. The van der Waals surface area contributed by atoms with Gasteiger partial charge in [-0.2, -0.15) is 0 Å². The second-order valence-electron chi connectivity index (χ2n) is 3.31. The molecule has 0 aromatic rings. The van der Waals surface area contributed by atoms with Crippen molar-refractivity contribution in [3.8, 4) is 0 Å². The first-order chi connectivity index (χ1) is 4.24. The van der Waals surface area contributed by atoms with E-state index in [9.17, 15) is 5.11 Å². The van der Waals surface area contributed by atoms with Gasteiger partial charge >= 0.3 is 0 Å². The maximum atomic E-state index is 9.36. The van der Waals surface area contributed by atoms with Crippen LogP contribution in [-0.2, 0) is 0 Å². The highest BCUT2D eigenvalue weighted by atomic mass is 16.3. The van der Waals surface area contributed by atoms with Crippen molar-refractivity contribution < 1.29 is 5.11 Å². The van der Waals surface area contributed by atoms with Crippen molar-refractivity contribution in [3.63, 3.8) is 0 Å². The van der Waals surface area contributed by atoms with Crippen LogP contribution in [0.4, 0.5) is 0 Å². The zero-order chi connectivity index (χ0) is 6.85. The molecule has 3 atom stereocenters. The normalized spacial score (nSPS) is 43.7. The lowest BCUT2D eigenvalue weighted by Gasteiger charge is -2.09. The number of hydrogen-bond acceptors (Lipinski definition) is 1. The van der Waals surface area contributed by atoms with Crippen molar-refractivity contribution in [3.05, 3.63) is 0 Å². The minimum atomic E-state index is 0.00463. The Morgan fingerprint density at radius 2 is 2.11 bits per heavy atom. The SMILES string of the molecule is CCC1CC(C)CC1O. The van der Waals surface area contributed by atoms with Crippen molar-refractivity contribution in [2.75, 3.05) is 0 Å². The molecule has 0 aromatic carbocycles. The first kappa shape index (κ1) is 7.07. The molecule has 1 fully saturated rings. The van der Waals surface area contributed by atoms with Crippen molar-refractivity contribution in [1.82, 2.24) is 0 Å². The van der Waals surface area contributed by atoms with Gasteiger partial charge in [0, 0.05) is 0 Å². The quantitative estimate of drug-likeness (QED) is 0.571. The molecule has 0 heterocycles. The summed E-state index contributed by atoms with van der Waals surface area (Å²) in [6.07, 6.45) is 3.41. The van der Waals surface area contributed by atoms with E-state index in [2.05, 4.69) is 13.8 Å². The van der Waals surface area contributed by atoms with Crippen molar-refractivity contribution in [2.45, 2.75) is 39.2 Å². The third kappa shape index (κ3) is 1.45. The molecule has 0 amide bonds. The number of rotatable bonds is 1. The lowest BCUT2D eigenvalue weighted by Crippen LogP contribution is -2.10. The minimum Gasteiger partial charge on any atom is -0.393 e. The van der Waals surface area contributed by atoms with Crippen LogP contribution in [0.5, 0.6) is 0 Å². The largest absolute Gasteiger partial charge is 0.393 e. The van der Waals surface area contributed by atoms with Gasteiger partial charge in [-0.25, -0.2) is 0 Å². The molecule has 1 N–H and O–H groups in total. The van der Waals surface area contributed by atoms with Crippen LogP contribution in [0.1, 0.15) is 33.1 Å². The summed E-state index contributed by atoms with van der Waals surface area (Å²) >= 11 is 0. The monoisotopic (exact) mass is 128 g/mol. The Balaban J connectivity index is 2.38. The molecular weight excluding hydrogens is 112 g/mol. The van der Waals surface area contributed by atoms with E-state index in [4.69, 9.17) is 0 Å². The zero-order valence-corrected chi connectivity index (χ0v) is 6.30. The first-order valence-corrected chi connectivity index (χ1v) is 3.92. The summed E-state index contributed by atoms with van der Waals surface area (Å²) in [5.74, 6) is 1.35. The Hall–Kier alpha value is -0.0400. The molecule has 0 aromatic heterocycles. The molecule has 1 nitrogen and oxygen atoms in total. The summed E-state index contributed by atoms with van der Waals surface area (Å²) in [6, 6.07) is 0. The fraction of sp³-hybridized carbons (Fsp3) is 1.00. The Kier molecular flexibility index (Phi) is 2.12. The van der Waals surface area contributed by atoms with E-state index in [-0.39, 0.29) is 6.10 Å². The summed E-state index contributed by atoms with van der Waals surface area (Å²) in [4.78, 5) is 0. The van der Waals surface area contributed by atoms with Crippen molar-refractivity contribution in [2.24, 2.45) is 11.8 Å². The number of hydrogen-bond donors (Lipinski definition) is 1. The molecule has 1 aliphatic rings. The smallest absolute Gasteiger partial charge is 0.0570 e. The van der Waals surface area contributed by atoms with Gasteiger partial charge < -0.3 is 5.11 Å². The standard InChI is InChI=1S/C8H16O/c1-3-7-4-6(2)5-8(7)9/h6-9H,3-5H2,1-2H3. The van der Waals surface area contributed by atoms with Crippen LogP contribution in [0, 0.1) is 11.8 Å². The average molecular weight is 128 g/mol. The third-order valence-electron chi connectivity index (χ3n) is 2.42. The molecule has 3 unspecified atom stereocenters. The van der Waals surface area contributed by atoms with E-state index in [1.54, 1.807) is 0 Å². The van der Waals surface area contributed by atoms with Gasteiger partial charge in [0.05, 0.1) is 6.10 Å². The van der Waals surface area contributed by atoms with Crippen molar-refractivity contribution in [1.29, 1.82) is 0 Å². The lowest BCUT2D eigenvalue weighted by molar-refractivity contribution is 0.129. The summed E-state index contributed by atoms with van der Waals surface area (Å²) in [6.45, 7) is 4.38. The Bertz CT molecular complexity index is 90.6. The number of aliphatic hydroxyl groups is 1. The molecule has 0 saturated heterocycles. The first-order valence-electron chi connectivity index (χ1n) is 3.92. The molecule has 54 valence electrons. The molecule has 1 saturated carbocycles. The average Bonchev–Trinajstić information content (AvgIpc) is 2.10. The van der Waals surface area contributed by atoms with Gasteiger partial charge in [-0.3, -0.25) is 0 Å². The van der Waals surface area contributed by atoms with Gasteiger partial charge in [-0.1, -0.05) is 20.3 Å². The lowest BCUT2D eigenvalue weighted by atomic mass is 10.0. The molecule has 1 rings (SSSR count). The van der Waals surface area contributed by atoms with E-state index < -0.39 is 0 Å². The highest BCUT2D eigenvalue weighted by molar-refractivity contribution is 4.79. The fourth-order valence-electron chi connectivity index (χ4n) is 1.81. The van der Waals surface area contributed by atoms with Gasteiger partial charge in [-0.05, 0) is 24.7 Å². The summed E-state index contributed by atoms with van der Waals surface area (Å²) in [7, 11) is 0. The molecule has 0 bridgehead atoms. The molecule has 1 aliphatic carbocycles. The van der Waals surface area contributed by atoms with Crippen LogP contribution in [0.3, 0.4) is 0 Å². The van der Waals surface area contributed by atoms with Gasteiger partial charge in [0.1, 0.15) is 0 Å². The molecule has 0 radical (unpaired) electrons.